The standard InChI is InChI=1S/C30H42N2/c1-23-3-7-25(8-4-23)11-13-27-15-19-29(20-16-27)31-32-30-21-17-28(18-22-30)14-12-26-9-5-24(2)6-10-26/h15-26H,3-14H2,1-2H3. The molecule has 0 radical (unpaired) electrons. The number of hydrogen-bond acceptors (Lipinski definition) is 2. The minimum Gasteiger partial charge on any atom is -0.151 e. The van der Waals surface area contributed by atoms with Gasteiger partial charge in [0.1, 0.15) is 0 Å². The van der Waals surface area contributed by atoms with E-state index in [-0.39, 0.29) is 0 Å². The first-order valence-corrected chi connectivity index (χ1v) is 13.2. The Labute approximate surface area is 195 Å². The first kappa shape index (κ1) is 23.2. The van der Waals surface area contributed by atoms with Crippen LogP contribution >= 0.6 is 0 Å². The van der Waals surface area contributed by atoms with Crippen LogP contribution in [-0.2, 0) is 12.8 Å². The number of rotatable bonds is 8. The normalized spacial score (nSPS) is 26.4. The van der Waals surface area contributed by atoms with E-state index in [0.717, 1.165) is 35.0 Å². The lowest BCUT2D eigenvalue weighted by Crippen LogP contribution is -2.12. The van der Waals surface area contributed by atoms with Crippen LogP contribution in [-0.4, -0.2) is 0 Å². The van der Waals surface area contributed by atoms with Crippen molar-refractivity contribution in [2.24, 2.45) is 33.9 Å². The Balaban J connectivity index is 1.20. The fraction of sp³-hybridized carbons (Fsp3) is 0.600. The molecule has 0 aromatic heterocycles. The molecule has 2 nitrogen and oxygen atoms in total. The summed E-state index contributed by atoms with van der Waals surface area (Å²) >= 11 is 0. The molecular weight excluding hydrogens is 388 g/mol. The van der Waals surface area contributed by atoms with Crippen molar-refractivity contribution in [2.75, 3.05) is 0 Å². The van der Waals surface area contributed by atoms with E-state index in [1.54, 1.807) is 0 Å². The second kappa shape index (κ2) is 11.8. The predicted molar refractivity (Wildman–Crippen MR) is 136 cm³/mol. The third kappa shape index (κ3) is 7.29. The maximum Gasteiger partial charge on any atom is 0.0857 e. The SMILES string of the molecule is CC1CCC(CCc2ccc(N=Nc3ccc(CCC4CCC(C)CC4)cc3)cc2)CC1. The lowest BCUT2D eigenvalue weighted by molar-refractivity contribution is 0.278. The van der Waals surface area contributed by atoms with Crippen molar-refractivity contribution >= 4 is 11.4 Å². The molecule has 0 aliphatic heterocycles. The van der Waals surface area contributed by atoms with Gasteiger partial charge >= 0.3 is 0 Å². The van der Waals surface area contributed by atoms with Gasteiger partial charge in [-0.05, 0) is 84.7 Å². The van der Waals surface area contributed by atoms with Crippen molar-refractivity contribution in [3.05, 3.63) is 59.7 Å². The first-order chi connectivity index (χ1) is 15.6. The number of hydrogen-bond donors (Lipinski definition) is 0. The zero-order valence-electron chi connectivity index (χ0n) is 20.3. The highest BCUT2D eigenvalue weighted by Crippen LogP contribution is 2.32. The smallest absolute Gasteiger partial charge is 0.0857 e. The number of azo groups is 1. The molecule has 2 fully saturated rings. The van der Waals surface area contributed by atoms with Gasteiger partial charge in [-0.2, -0.15) is 10.2 Å². The van der Waals surface area contributed by atoms with Crippen molar-refractivity contribution in [1.82, 2.24) is 0 Å². The molecule has 0 amide bonds. The van der Waals surface area contributed by atoms with E-state index in [1.807, 2.05) is 0 Å². The second-order valence-corrected chi connectivity index (χ2v) is 10.9. The molecule has 2 heteroatoms. The van der Waals surface area contributed by atoms with E-state index in [1.165, 1.54) is 88.2 Å². The van der Waals surface area contributed by atoms with E-state index in [9.17, 15) is 0 Å². The predicted octanol–water partition coefficient (Wildman–Crippen LogP) is 9.62. The second-order valence-electron chi connectivity index (χ2n) is 10.9. The fourth-order valence-corrected chi connectivity index (χ4v) is 5.55. The molecule has 0 bridgehead atoms. The summed E-state index contributed by atoms with van der Waals surface area (Å²) < 4.78 is 0. The summed E-state index contributed by atoms with van der Waals surface area (Å²) in [5, 5.41) is 8.91. The van der Waals surface area contributed by atoms with Crippen LogP contribution in [0.15, 0.2) is 58.8 Å². The van der Waals surface area contributed by atoms with Crippen molar-refractivity contribution in [3.8, 4) is 0 Å². The summed E-state index contributed by atoms with van der Waals surface area (Å²) in [5.41, 5.74) is 4.74. The van der Waals surface area contributed by atoms with E-state index >= 15 is 0 Å². The van der Waals surface area contributed by atoms with Crippen molar-refractivity contribution in [3.63, 3.8) is 0 Å². The van der Waals surface area contributed by atoms with Crippen LogP contribution in [0, 0.1) is 23.7 Å². The molecule has 2 aromatic carbocycles. The van der Waals surface area contributed by atoms with Crippen LogP contribution in [0.3, 0.4) is 0 Å². The summed E-state index contributed by atoms with van der Waals surface area (Å²) in [6, 6.07) is 17.4. The molecule has 0 unspecified atom stereocenters. The van der Waals surface area contributed by atoms with Gasteiger partial charge in [-0.3, -0.25) is 0 Å². The topological polar surface area (TPSA) is 24.7 Å². The Morgan fingerprint density at radius 2 is 0.875 bits per heavy atom. The molecule has 0 heterocycles. The molecule has 2 saturated carbocycles. The summed E-state index contributed by atoms with van der Waals surface area (Å²) in [5.74, 6) is 3.75. The van der Waals surface area contributed by atoms with Crippen molar-refractivity contribution in [2.45, 2.75) is 90.9 Å². The quantitative estimate of drug-likeness (QED) is 0.372. The Bertz CT molecular complexity index is 749. The molecule has 2 aromatic rings. The molecular formula is C30H42N2. The largest absolute Gasteiger partial charge is 0.151 e. The van der Waals surface area contributed by atoms with Crippen molar-refractivity contribution < 1.29 is 0 Å². The maximum absolute atomic E-state index is 4.46. The van der Waals surface area contributed by atoms with Gasteiger partial charge in [0.25, 0.3) is 0 Å². The highest BCUT2D eigenvalue weighted by molar-refractivity contribution is 5.42. The Morgan fingerprint density at radius 1 is 0.531 bits per heavy atom. The highest BCUT2D eigenvalue weighted by Gasteiger charge is 2.18. The van der Waals surface area contributed by atoms with Crippen LogP contribution < -0.4 is 0 Å². The lowest BCUT2D eigenvalue weighted by Gasteiger charge is -2.26. The summed E-state index contributed by atoms with van der Waals surface area (Å²) in [6.45, 7) is 4.80. The maximum atomic E-state index is 4.46. The molecule has 0 spiro atoms. The molecule has 2 aliphatic carbocycles. The lowest BCUT2D eigenvalue weighted by atomic mass is 9.80. The first-order valence-electron chi connectivity index (χ1n) is 13.2. The van der Waals surface area contributed by atoms with Crippen LogP contribution in [0.5, 0.6) is 0 Å². The van der Waals surface area contributed by atoms with Gasteiger partial charge in [0.2, 0.25) is 0 Å². The summed E-state index contributed by atoms with van der Waals surface area (Å²) in [6.07, 6.45) is 16.4. The third-order valence-electron chi connectivity index (χ3n) is 8.11. The fourth-order valence-electron chi connectivity index (χ4n) is 5.55. The van der Waals surface area contributed by atoms with Gasteiger partial charge < -0.3 is 0 Å². The Kier molecular flexibility index (Phi) is 8.54. The molecule has 32 heavy (non-hydrogen) atoms. The van der Waals surface area contributed by atoms with Gasteiger partial charge in [-0.1, -0.05) is 89.5 Å². The van der Waals surface area contributed by atoms with Crippen LogP contribution in [0.1, 0.15) is 89.2 Å². The molecule has 4 rings (SSSR count). The highest BCUT2D eigenvalue weighted by atomic mass is 15.1. The van der Waals surface area contributed by atoms with Gasteiger partial charge in [0, 0.05) is 0 Å². The summed E-state index contributed by atoms with van der Waals surface area (Å²) in [7, 11) is 0. The van der Waals surface area contributed by atoms with E-state index < -0.39 is 0 Å². The zero-order chi connectivity index (χ0) is 22.2. The number of nitrogens with zero attached hydrogens (tertiary/aromatic N) is 2. The minimum absolute atomic E-state index is 0.930. The van der Waals surface area contributed by atoms with Crippen molar-refractivity contribution in [1.29, 1.82) is 0 Å². The van der Waals surface area contributed by atoms with Gasteiger partial charge in [-0.15, -0.1) is 0 Å². The Hall–Kier alpha value is -1.96. The average Bonchev–Trinajstić information content (AvgIpc) is 2.83. The number of benzene rings is 2. The summed E-state index contributed by atoms with van der Waals surface area (Å²) in [4.78, 5) is 0. The molecule has 0 saturated heterocycles. The van der Waals surface area contributed by atoms with Crippen LogP contribution in [0.25, 0.3) is 0 Å². The average molecular weight is 431 g/mol. The van der Waals surface area contributed by atoms with Crippen LogP contribution in [0.4, 0.5) is 11.4 Å². The number of aryl methyl sites for hydroxylation is 2. The van der Waals surface area contributed by atoms with E-state index in [2.05, 4.69) is 72.6 Å². The molecule has 172 valence electrons. The zero-order valence-corrected chi connectivity index (χ0v) is 20.3. The van der Waals surface area contributed by atoms with Gasteiger partial charge in [-0.25, -0.2) is 0 Å². The van der Waals surface area contributed by atoms with Gasteiger partial charge in [0.15, 0.2) is 0 Å². The third-order valence-corrected chi connectivity index (χ3v) is 8.11. The Morgan fingerprint density at radius 3 is 1.22 bits per heavy atom. The minimum atomic E-state index is 0.930. The van der Waals surface area contributed by atoms with Gasteiger partial charge in [0.05, 0.1) is 11.4 Å². The van der Waals surface area contributed by atoms with E-state index in [0.29, 0.717) is 0 Å². The molecule has 2 aliphatic rings. The molecule has 0 atom stereocenters. The van der Waals surface area contributed by atoms with Crippen LogP contribution in [0.2, 0.25) is 0 Å². The molecule has 0 N–H and O–H groups in total. The monoisotopic (exact) mass is 430 g/mol. The van der Waals surface area contributed by atoms with E-state index in [4.69, 9.17) is 0 Å².